The molecule has 0 aliphatic carbocycles. The van der Waals surface area contributed by atoms with E-state index in [1.807, 2.05) is 6.92 Å². The average molecular weight is 280 g/mol. The second-order valence-electron chi connectivity index (χ2n) is 4.82. The van der Waals surface area contributed by atoms with Crippen LogP contribution < -0.4 is 14.2 Å². The van der Waals surface area contributed by atoms with E-state index < -0.39 is 0 Å². The second-order valence-corrected chi connectivity index (χ2v) is 4.82. The molecule has 1 heterocycles. The van der Waals surface area contributed by atoms with E-state index in [4.69, 9.17) is 18.9 Å². The summed E-state index contributed by atoms with van der Waals surface area (Å²) in [6, 6.07) is 3.43. The molecule has 2 atom stereocenters. The predicted octanol–water partition coefficient (Wildman–Crippen LogP) is 2.32. The van der Waals surface area contributed by atoms with E-state index in [-0.39, 0.29) is 17.8 Å². The van der Waals surface area contributed by atoms with Gasteiger partial charge in [-0.1, -0.05) is 0 Å². The Labute approximate surface area is 118 Å². The highest BCUT2D eigenvalue weighted by atomic mass is 16.5. The van der Waals surface area contributed by atoms with Crippen LogP contribution in [0.1, 0.15) is 23.7 Å². The van der Waals surface area contributed by atoms with Crippen LogP contribution in [0.5, 0.6) is 17.2 Å². The number of carbonyl (C=O) groups excluding carboxylic acids is 1. The molecule has 2 rings (SSSR count). The minimum Gasteiger partial charge on any atom is -0.493 e. The van der Waals surface area contributed by atoms with Crippen molar-refractivity contribution in [1.29, 1.82) is 0 Å². The Kier molecular flexibility index (Phi) is 4.49. The average Bonchev–Trinajstić information content (AvgIpc) is 2.91. The van der Waals surface area contributed by atoms with Gasteiger partial charge in [-0.05, 0) is 25.5 Å². The Morgan fingerprint density at radius 1 is 1.15 bits per heavy atom. The van der Waals surface area contributed by atoms with Gasteiger partial charge in [0.25, 0.3) is 0 Å². The Hall–Kier alpha value is -1.75. The molecule has 0 saturated carbocycles. The fraction of sp³-hybridized carbons (Fsp3) is 0.533. The number of hydrogen-bond acceptors (Lipinski definition) is 5. The molecule has 0 radical (unpaired) electrons. The zero-order valence-corrected chi connectivity index (χ0v) is 12.3. The molecule has 2 unspecified atom stereocenters. The van der Waals surface area contributed by atoms with Crippen LogP contribution in [0.2, 0.25) is 0 Å². The van der Waals surface area contributed by atoms with Gasteiger partial charge in [0, 0.05) is 5.92 Å². The second kappa shape index (κ2) is 6.13. The summed E-state index contributed by atoms with van der Waals surface area (Å²) >= 11 is 0. The zero-order chi connectivity index (χ0) is 14.7. The van der Waals surface area contributed by atoms with E-state index in [0.29, 0.717) is 29.4 Å². The van der Waals surface area contributed by atoms with Crippen molar-refractivity contribution in [3.8, 4) is 17.2 Å². The molecule has 0 bridgehead atoms. The monoisotopic (exact) mass is 280 g/mol. The molecule has 1 aliphatic rings. The molecule has 1 aromatic carbocycles. The Morgan fingerprint density at radius 2 is 1.85 bits per heavy atom. The van der Waals surface area contributed by atoms with Crippen molar-refractivity contribution in [2.45, 2.75) is 19.4 Å². The lowest BCUT2D eigenvalue weighted by atomic mass is 9.94. The molecule has 1 aliphatic heterocycles. The van der Waals surface area contributed by atoms with Gasteiger partial charge in [-0.3, -0.25) is 4.79 Å². The van der Waals surface area contributed by atoms with Gasteiger partial charge < -0.3 is 18.9 Å². The molecule has 0 amide bonds. The van der Waals surface area contributed by atoms with Gasteiger partial charge in [-0.2, -0.15) is 0 Å². The first kappa shape index (κ1) is 14.7. The maximum absolute atomic E-state index is 12.6. The summed E-state index contributed by atoms with van der Waals surface area (Å²) < 4.78 is 21.3. The van der Waals surface area contributed by atoms with E-state index >= 15 is 0 Å². The van der Waals surface area contributed by atoms with Gasteiger partial charge in [0.1, 0.15) is 0 Å². The molecule has 5 nitrogen and oxygen atoms in total. The molecule has 1 aromatic rings. The van der Waals surface area contributed by atoms with Crippen LogP contribution in [-0.4, -0.2) is 39.8 Å². The summed E-state index contributed by atoms with van der Waals surface area (Å²) in [7, 11) is 4.59. The van der Waals surface area contributed by atoms with Gasteiger partial charge in [-0.15, -0.1) is 0 Å². The van der Waals surface area contributed by atoms with E-state index in [1.54, 1.807) is 19.2 Å². The van der Waals surface area contributed by atoms with Crippen molar-refractivity contribution >= 4 is 5.78 Å². The van der Waals surface area contributed by atoms with E-state index in [2.05, 4.69) is 0 Å². The van der Waals surface area contributed by atoms with Gasteiger partial charge >= 0.3 is 0 Å². The Morgan fingerprint density at radius 3 is 2.35 bits per heavy atom. The van der Waals surface area contributed by atoms with Gasteiger partial charge in [-0.25, -0.2) is 0 Å². The number of ketones is 1. The van der Waals surface area contributed by atoms with Crippen molar-refractivity contribution in [3.05, 3.63) is 17.7 Å². The summed E-state index contributed by atoms with van der Waals surface area (Å²) in [6.07, 6.45) is 0.853. The third-order valence-corrected chi connectivity index (χ3v) is 3.54. The van der Waals surface area contributed by atoms with E-state index in [0.717, 1.165) is 6.42 Å². The maximum atomic E-state index is 12.6. The highest BCUT2D eigenvalue weighted by Gasteiger charge is 2.32. The van der Waals surface area contributed by atoms with E-state index in [1.165, 1.54) is 14.2 Å². The molecule has 5 heteroatoms. The molecule has 20 heavy (non-hydrogen) atoms. The zero-order valence-electron chi connectivity index (χ0n) is 12.3. The highest BCUT2D eigenvalue weighted by molar-refractivity contribution is 6.01. The number of hydrogen-bond donors (Lipinski definition) is 0. The van der Waals surface area contributed by atoms with Crippen LogP contribution in [0.3, 0.4) is 0 Å². The molecule has 110 valence electrons. The smallest absolute Gasteiger partial charge is 0.204 e. The molecule has 1 saturated heterocycles. The third kappa shape index (κ3) is 2.58. The summed E-state index contributed by atoms with van der Waals surface area (Å²) in [5.41, 5.74) is 0.507. The number of methoxy groups -OCH3 is 3. The fourth-order valence-electron chi connectivity index (χ4n) is 2.52. The van der Waals surface area contributed by atoms with Crippen LogP contribution in [0.15, 0.2) is 12.1 Å². The first-order valence-electron chi connectivity index (χ1n) is 6.57. The summed E-state index contributed by atoms with van der Waals surface area (Å²) in [4.78, 5) is 12.6. The molecule has 0 spiro atoms. The van der Waals surface area contributed by atoms with Crippen LogP contribution in [0.25, 0.3) is 0 Å². The lowest BCUT2D eigenvalue weighted by Crippen LogP contribution is -2.16. The molecule has 1 fully saturated rings. The lowest BCUT2D eigenvalue weighted by Gasteiger charge is -2.16. The molecular weight excluding hydrogens is 260 g/mol. The summed E-state index contributed by atoms with van der Waals surface area (Å²) in [6.45, 7) is 2.43. The van der Waals surface area contributed by atoms with Crippen molar-refractivity contribution in [2.24, 2.45) is 5.92 Å². The summed E-state index contributed by atoms with van der Waals surface area (Å²) in [5.74, 6) is 1.28. The number of ether oxygens (including phenoxy) is 4. The van der Waals surface area contributed by atoms with Gasteiger partial charge in [0.05, 0.1) is 39.6 Å². The minimum atomic E-state index is -0.128. The maximum Gasteiger partial charge on any atom is 0.204 e. The van der Waals surface area contributed by atoms with Gasteiger partial charge in [0.15, 0.2) is 17.3 Å². The Balaban J connectivity index is 2.38. The number of carbonyl (C=O) groups is 1. The standard InChI is InChI=1S/C15H20O5/c1-9-7-10(8-20-9)13(16)11-5-6-12(17-2)15(19-4)14(11)18-3/h5-6,9-10H,7-8H2,1-4H3. The summed E-state index contributed by atoms with van der Waals surface area (Å²) in [5, 5.41) is 0. The predicted molar refractivity (Wildman–Crippen MR) is 73.9 cm³/mol. The third-order valence-electron chi connectivity index (χ3n) is 3.54. The SMILES string of the molecule is COc1ccc(C(=O)C2COC(C)C2)c(OC)c1OC. The normalized spacial score (nSPS) is 21.6. The fourth-order valence-corrected chi connectivity index (χ4v) is 2.52. The first-order valence-corrected chi connectivity index (χ1v) is 6.57. The largest absolute Gasteiger partial charge is 0.493 e. The Bertz CT molecular complexity index is 497. The van der Waals surface area contributed by atoms with Crippen LogP contribution in [-0.2, 0) is 4.74 Å². The number of rotatable bonds is 5. The van der Waals surface area contributed by atoms with Crippen LogP contribution >= 0.6 is 0 Å². The van der Waals surface area contributed by atoms with Gasteiger partial charge in [0.2, 0.25) is 5.75 Å². The molecule has 0 aromatic heterocycles. The van der Waals surface area contributed by atoms with Crippen LogP contribution in [0, 0.1) is 5.92 Å². The topological polar surface area (TPSA) is 54.0 Å². The lowest BCUT2D eigenvalue weighted by molar-refractivity contribution is 0.0874. The first-order chi connectivity index (χ1) is 9.62. The quantitative estimate of drug-likeness (QED) is 0.775. The highest BCUT2D eigenvalue weighted by Crippen LogP contribution is 2.41. The molecule has 0 N–H and O–H groups in total. The van der Waals surface area contributed by atoms with Crippen LogP contribution in [0.4, 0.5) is 0 Å². The van der Waals surface area contributed by atoms with Crippen molar-refractivity contribution < 1.29 is 23.7 Å². The number of Topliss-reactive ketones (excluding diaryl/α,β-unsaturated/α-hetero) is 1. The minimum absolute atomic E-state index is 0.0205. The van der Waals surface area contributed by atoms with Crippen molar-refractivity contribution in [2.75, 3.05) is 27.9 Å². The van der Waals surface area contributed by atoms with Crippen molar-refractivity contribution in [3.63, 3.8) is 0 Å². The van der Waals surface area contributed by atoms with E-state index in [9.17, 15) is 4.79 Å². The molecular formula is C15H20O5. The van der Waals surface area contributed by atoms with Crippen molar-refractivity contribution in [1.82, 2.24) is 0 Å². The number of benzene rings is 1.